The van der Waals surface area contributed by atoms with E-state index in [9.17, 15) is 9.90 Å². The van der Waals surface area contributed by atoms with Crippen LogP contribution in [0.5, 0.6) is 0 Å². The molecular formula is C9H8Cl2O3. The molecule has 0 radical (unpaired) electrons. The van der Waals surface area contributed by atoms with Crippen LogP contribution in [-0.2, 0) is 9.53 Å². The molecule has 0 heterocycles. The van der Waals surface area contributed by atoms with Crippen molar-refractivity contribution in [2.75, 3.05) is 7.11 Å². The Labute approximate surface area is 91.2 Å². The van der Waals surface area contributed by atoms with Crippen molar-refractivity contribution >= 4 is 29.2 Å². The van der Waals surface area contributed by atoms with E-state index in [0.29, 0.717) is 0 Å². The highest BCUT2D eigenvalue weighted by Crippen LogP contribution is 2.30. The van der Waals surface area contributed by atoms with Gasteiger partial charge in [-0.3, -0.25) is 0 Å². The Kier molecular flexibility index (Phi) is 3.75. The van der Waals surface area contributed by atoms with E-state index in [1.807, 2.05) is 0 Å². The van der Waals surface area contributed by atoms with Gasteiger partial charge < -0.3 is 9.84 Å². The van der Waals surface area contributed by atoms with Crippen LogP contribution in [0.15, 0.2) is 18.2 Å². The first kappa shape index (κ1) is 11.3. The minimum atomic E-state index is -1.44. The molecule has 1 aromatic rings. The van der Waals surface area contributed by atoms with E-state index in [0.717, 1.165) is 0 Å². The van der Waals surface area contributed by atoms with E-state index >= 15 is 0 Å². The largest absolute Gasteiger partial charge is 0.467 e. The van der Waals surface area contributed by atoms with Crippen LogP contribution in [0, 0.1) is 0 Å². The van der Waals surface area contributed by atoms with E-state index in [1.54, 1.807) is 6.07 Å². The van der Waals surface area contributed by atoms with Gasteiger partial charge in [-0.25, -0.2) is 4.79 Å². The van der Waals surface area contributed by atoms with Crippen LogP contribution in [0.1, 0.15) is 11.7 Å². The summed E-state index contributed by atoms with van der Waals surface area (Å²) in [7, 11) is 1.18. The molecule has 0 bridgehead atoms. The van der Waals surface area contributed by atoms with E-state index in [4.69, 9.17) is 23.2 Å². The minimum absolute atomic E-state index is 0.169. The van der Waals surface area contributed by atoms with E-state index in [-0.39, 0.29) is 15.6 Å². The molecule has 0 saturated heterocycles. The second-order valence-electron chi connectivity index (χ2n) is 2.56. The van der Waals surface area contributed by atoms with Crippen molar-refractivity contribution in [1.82, 2.24) is 0 Å². The summed E-state index contributed by atoms with van der Waals surface area (Å²) in [6, 6.07) is 4.70. The normalized spacial score (nSPS) is 12.3. The predicted octanol–water partition coefficient (Wildman–Crippen LogP) is 2.20. The third kappa shape index (κ3) is 2.18. The van der Waals surface area contributed by atoms with Gasteiger partial charge in [-0.2, -0.15) is 0 Å². The first-order valence-corrected chi connectivity index (χ1v) is 4.53. The van der Waals surface area contributed by atoms with E-state index in [2.05, 4.69) is 4.74 Å². The standard InChI is InChI=1S/C9H8Cl2O3/c1-14-9(13)8(12)7-5(10)3-2-4-6(7)11/h2-4,8,12H,1H3/t8-/m0/s1. The van der Waals surface area contributed by atoms with Gasteiger partial charge in [0.05, 0.1) is 7.11 Å². The molecule has 5 heteroatoms. The van der Waals surface area contributed by atoms with E-state index < -0.39 is 12.1 Å². The second kappa shape index (κ2) is 4.64. The highest BCUT2D eigenvalue weighted by atomic mass is 35.5. The lowest BCUT2D eigenvalue weighted by molar-refractivity contribution is -0.150. The van der Waals surface area contributed by atoms with Gasteiger partial charge in [-0.15, -0.1) is 0 Å². The van der Waals surface area contributed by atoms with Crippen molar-refractivity contribution in [3.63, 3.8) is 0 Å². The van der Waals surface area contributed by atoms with Gasteiger partial charge in [0.25, 0.3) is 0 Å². The van der Waals surface area contributed by atoms with Gasteiger partial charge in [-0.1, -0.05) is 29.3 Å². The maximum atomic E-state index is 11.0. The number of rotatable bonds is 2. The molecule has 1 aromatic carbocycles. The topological polar surface area (TPSA) is 46.5 Å². The third-order valence-corrected chi connectivity index (χ3v) is 2.36. The van der Waals surface area contributed by atoms with Gasteiger partial charge in [-0.05, 0) is 12.1 Å². The van der Waals surface area contributed by atoms with Crippen molar-refractivity contribution < 1.29 is 14.6 Å². The minimum Gasteiger partial charge on any atom is -0.467 e. The molecule has 14 heavy (non-hydrogen) atoms. The molecule has 1 atom stereocenters. The fourth-order valence-electron chi connectivity index (χ4n) is 1.00. The fourth-order valence-corrected chi connectivity index (χ4v) is 1.61. The SMILES string of the molecule is COC(=O)[C@@H](O)c1c(Cl)cccc1Cl. The summed E-state index contributed by atoms with van der Waals surface area (Å²) >= 11 is 11.5. The van der Waals surface area contributed by atoms with Crippen molar-refractivity contribution in [3.05, 3.63) is 33.8 Å². The monoisotopic (exact) mass is 234 g/mol. The Balaban J connectivity index is 3.11. The first-order chi connectivity index (χ1) is 6.57. The molecule has 0 aliphatic rings. The molecule has 0 saturated carbocycles. The number of ether oxygens (including phenoxy) is 1. The molecule has 0 aromatic heterocycles. The van der Waals surface area contributed by atoms with Crippen molar-refractivity contribution in [1.29, 1.82) is 0 Å². The van der Waals surface area contributed by atoms with Crippen LogP contribution < -0.4 is 0 Å². The summed E-state index contributed by atoms with van der Waals surface area (Å²) in [4.78, 5) is 11.0. The highest BCUT2D eigenvalue weighted by Gasteiger charge is 2.23. The van der Waals surface area contributed by atoms with Crippen molar-refractivity contribution in [2.45, 2.75) is 6.10 Å². The van der Waals surface area contributed by atoms with Crippen LogP contribution >= 0.6 is 23.2 Å². The molecule has 0 aliphatic heterocycles. The average Bonchev–Trinajstić information content (AvgIpc) is 2.16. The van der Waals surface area contributed by atoms with Crippen LogP contribution in [0.4, 0.5) is 0 Å². The fraction of sp³-hybridized carbons (Fsp3) is 0.222. The summed E-state index contributed by atoms with van der Waals surface area (Å²) in [5, 5.41) is 9.97. The first-order valence-electron chi connectivity index (χ1n) is 3.77. The number of carbonyl (C=O) groups is 1. The van der Waals surface area contributed by atoms with Gasteiger partial charge in [0.15, 0.2) is 6.10 Å². The summed E-state index contributed by atoms with van der Waals surface area (Å²) in [5.74, 6) is -0.792. The Hall–Kier alpha value is -0.770. The van der Waals surface area contributed by atoms with Gasteiger partial charge in [0.2, 0.25) is 0 Å². The molecule has 3 nitrogen and oxygen atoms in total. The number of carbonyl (C=O) groups excluding carboxylic acids is 1. The molecule has 1 N–H and O–H groups in total. The summed E-state index contributed by atoms with van der Waals surface area (Å²) in [6.07, 6.45) is -1.44. The van der Waals surface area contributed by atoms with Gasteiger partial charge in [0.1, 0.15) is 0 Å². The number of hydrogen-bond donors (Lipinski definition) is 1. The number of benzene rings is 1. The Morgan fingerprint density at radius 3 is 2.36 bits per heavy atom. The maximum absolute atomic E-state index is 11.0. The predicted molar refractivity (Wildman–Crippen MR) is 53.4 cm³/mol. The molecule has 0 spiro atoms. The average molecular weight is 235 g/mol. The van der Waals surface area contributed by atoms with Crippen LogP contribution in [0.3, 0.4) is 0 Å². The molecule has 0 aliphatic carbocycles. The molecule has 76 valence electrons. The van der Waals surface area contributed by atoms with Crippen LogP contribution in [-0.4, -0.2) is 18.2 Å². The summed E-state index contributed by atoms with van der Waals surface area (Å²) in [5.41, 5.74) is 0.169. The number of methoxy groups -OCH3 is 1. The Morgan fingerprint density at radius 2 is 1.93 bits per heavy atom. The number of halogens is 2. The van der Waals surface area contributed by atoms with Crippen LogP contribution in [0.25, 0.3) is 0 Å². The molecule has 0 amide bonds. The Bertz CT molecular complexity index is 332. The lowest BCUT2D eigenvalue weighted by Gasteiger charge is -2.11. The number of aliphatic hydroxyl groups is 1. The quantitative estimate of drug-likeness (QED) is 0.799. The zero-order chi connectivity index (χ0) is 10.7. The summed E-state index contributed by atoms with van der Waals surface area (Å²) in [6.45, 7) is 0. The lowest BCUT2D eigenvalue weighted by Crippen LogP contribution is -2.14. The Morgan fingerprint density at radius 1 is 1.43 bits per heavy atom. The maximum Gasteiger partial charge on any atom is 0.339 e. The zero-order valence-corrected chi connectivity index (χ0v) is 8.84. The van der Waals surface area contributed by atoms with Crippen molar-refractivity contribution in [2.24, 2.45) is 0 Å². The third-order valence-electron chi connectivity index (χ3n) is 1.70. The zero-order valence-electron chi connectivity index (χ0n) is 7.33. The smallest absolute Gasteiger partial charge is 0.339 e. The number of aliphatic hydroxyl groups excluding tert-OH is 1. The lowest BCUT2D eigenvalue weighted by atomic mass is 10.1. The number of hydrogen-bond acceptors (Lipinski definition) is 3. The highest BCUT2D eigenvalue weighted by molar-refractivity contribution is 6.36. The van der Waals surface area contributed by atoms with Crippen LogP contribution in [0.2, 0.25) is 10.0 Å². The van der Waals surface area contributed by atoms with E-state index in [1.165, 1.54) is 19.2 Å². The molecule has 0 unspecified atom stereocenters. The van der Waals surface area contributed by atoms with Crippen molar-refractivity contribution in [3.8, 4) is 0 Å². The molecular weight excluding hydrogens is 227 g/mol. The van der Waals surface area contributed by atoms with Gasteiger partial charge >= 0.3 is 5.97 Å². The molecule has 1 rings (SSSR count). The summed E-state index contributed by atoms with van der Waals surface area (Å²) < 4.78 is 4.37. The van der Waals surface area contributed by atoms with Gasteiger partial charge in [0, 0.05) is 15.6 Å². The number of esters is 1. The second-order valence-corrected chi connectivity index (χ2v) is 3.38. The molecule has 0 fully saturated rings.